The van der Waals surface area contributed by atoms with Gasteiger partial charge in [-0.3, -0.25) is 9.89 Å². The predicted octanol–water partition coefficient (Wildman–Crippen LogP) is 3.57. The Hall–Kier alpha value is -2.87. The molecule has 2 N–H and O–H groups in total. The van der Waals surface area contributed by atoms with Crippen LogP contribution in [0.2, 0.25) is 0 Å². The van der Waals surface area contributed by atoms with Gasteiger partial charge in [0.05, 0.1) is 13.7 Å². The molecule has 1 saturated heterocycles. The normalized spacial score (nSPS) is 16.5. The van der Waals surface area contributed by atoms with Gasteiger partial charge in [-0.2, -0.15) is 0 Å². The van der Waals surface area contributed by atoms with Gasteiger partial charge in [-0.05, 0) is 61.7 Å². The fourth-order valence-electron chi connectivity index (χ4n) is 3.72. The summed E-state index contributed by atoms with van der Waals surface area (Å²) in [6.07, 6.45) is 1.84. The number of rotatable bonds is 8. The fraction of sp³-hybridized carbons (Fsp3) is 0.458. The number of ether oxygens (including phenoxy) is 2. The molecule has 0 aromatic heterocycles. The summed E-state index contributed by atoms with van der Waals surface area (Å²) in [7, 11) is 3.21. The molecule has 3 rings (SSSR count). The lowest BCUT2D eigenvalue weighted by Crippen LogP contribution is -2.49. The van der Waals surface area contributed by atoms with Gasteiger partial charge >= 0.3 is 0 Å². The second-order valence-corrected chi connectivity index (χ2v) is 8.00. The molecule has 8 heteroatoms. The second-order valence-electron chi connectivity index (χ2n) is 8.00. The summed E-state index contributed by atoms with van der Waals surface area (Å²) < 4.78 is 37.7. The molecule has 0 saturated carbocycles. The number of hydrogen-bond donors (Lipinski definition) is 2. The highest BCUT2D eigenvalue weighted by Crippen LogP contribution is 2.20. The fourth-order valence-corrected chi connectivity index (χ4v) is 3.72. The summed E-state index contributed by atoms with van der Waals surface area (Å²) in [5.41, 5.74) is 0.947. The predicted molar refractivity (Wildman–Crippen MR) is 122 cm³/mol. The smallest absolute Gasteiger partial charge is 0.191 e. The topological polar surface area (TPSA) is 58.1 Å². The molecule has 32 heavy (non-hydrogen) atoms. The average molecular weight is 447 g/mol. The number of guanidine groups is 1. The Kier molecular flexibility index (Phi) is 8.67. The molecule has 0 spiro atoms. The van der Waals surface area contributed by atoms with Gasteiger partial charge in [0, 0.05) is 32.7 Å². The first-order chi connectivity index (χ1) is 15.5. The highest BCUT2D eigenvalue weighted by atomic mass is 19.1. The van der Waals surface area contributed by atoms with E-state index in [1.54, 1.807) is 31.3 Å². The van der Waals surface area contributed by atoms with Gasteiger partial charge in [0.1, 0.15) is 17.7 Å². The molecule has 1 aliphatic heterocycles. The molecular formula is C24H32F2N4O2. The first-order valence-corrected chi connectivity index (χ1v) is 10.9. The van der Waals surface area contributed by atoms with E-state index in [0.29, 0.717) is 18.3 Å². The van der Waals surface area contributed by atoms with E-state index in [9.17, 15) is 8.78 Å². The van der Waals surface area contributed by atoms with E-state index < -0.39 is 0 Å². The van der Waals surface area contributed by atoms with Gasteiger partial charge in [-0.15, -0.1) is 0 Å². The molecule has 0 radical (unpaired) electrons. The molecule has 2 aromatic rings. The maximum Gasteiger partial charge on any atom is 0.191 e. The van der Waals surface area contributed by atoms with E-state index >= 15 is 0 Å². The van der Waals surface area contributed by atoms with Gasteiger partial charge in [-0.25, -0.2) is 8.78 Å². The third-order valence-electron chi connectivity index (χ3n) is 5.48. The van der Waals surface area contributed by atoms with Crippen LogP contribution in [0.25, 0.3) is 0 Å². The zero-order chi connectivity index (χ0) is 22.9. The minimum Gasteiger partial charge on any atom is -0.494 e. The van der Waals surface area contributed by atoms with Crippen LogP contribution in [-0.2, 0) is 6.54 Å². The summed E-state index contributed by atoms with van der Waals surface area (Å²) in [5, 5.41) is 6.76. The number of methoxy groups -OCH3 is 1. The Morgan fingerprint density at radius 2 is 1.88 bits per heavy atom. The first kappa shape index (κ1) is 23.8. The number of hydrogen-bond acceptors (Lipinski definition) is 4. The molecule has 1 unspecified atom stereocenters. The number of halogens is 2. The molecule has 0 bridgehead atoms. The van der Waals surface area contributed by atoms with E-state index in [1.165, 1.54) is 19.2 Å². The van der Waals surface area contributed by atoms with Crippen LogP contribution in [-0.4, -0.2) is 56.8 Å². The number of nitrogens with one attached hydrogen (secondary N) is 2. The maximum absolute atomic E-state index is 13.9. The van der Waals surface area contributed by atoms with E-state index in [1.807, 2.05) is 13.0 Å². The third kappa shape index (κ3) is 7.09. The van der Waals surface area contributed by atoms with Crippen LogP contribution in [0, 0.1) is 11.6 Å². The molecule has 1 aliphatic rings. The van der Waals surface area contributed by atoms with Gasteiger partial charge < -0.3 is 20.1 Å². The summed E-state index contributed by atoms with van der Waals surface area (Å²) in [6, 6.07) is 11.5. The van der Waals surface area contributed by atoms with Crippen LogP contribution in [0.1, 0.15) is 25.3 Å². The van der Waals surface area contributed by atoms with Crippen LogP contribution < -0.4 is 20.1 Å². The zero-order valence-electron chi connectivity index (χ0n) is 18.9. The van der Waals surface area contributed by atoms with Crippen molar-refractivity contribution in [2.45, 2.75) is 38.5 Å². The lowest BCUT2D eigenvalue weighted by atomic mass is 10.0. The number of piperidine rings is 1. The van der Waals surface area contributed by atoms with Gasteiger partial charge in [0.25, 0.3) is 0 Å². The highest BCUT2D eigenvalue weighted by molar-refractivity contribution is 5.80. The Morgan fingerprint density at radius 1 is 1.16 bits per heavy atom. The quantitative estimate of drug-likeness (QED) is 0.480. The molecule has 1 atom stereocenters. The van der Waals surface area contributed by atoms with Crippen LogP contribution >= 0.6 is 0 Å². The third-order valence-corrected chi connectivity index (χ3v) is 5.48. The van der Waals surface area contributed by atoms with Crippen LogP contribution in [0.15, 0.2) is 47.5 Å². The van der Waals surface area contributed by atoms with Crippen molar-refractivity contribution in [3.05, 3.63) is 59.7 Å². The molecule has 2 aromatic carbocycles. The zero-order valence-corrected chi connectivity index (χ0v) is 18.9. The molecule has 1 heterocycles. The van der Waals surface area contributed by atoms with Crippen molar-refractivity contribution >= 4 is 5.96 Å². The Labute approximate surface area is 188 Å². The minimum absolute atomic E-state index is 0.106. The number of nitrogens with zero attached hydrogens (tertiary/aromatic N) is 2. The van der Waals surface area contributed by atoms with Crippen LogP contribution in [0.5, 0.6) is 11.5 Å². The van der Waals surface area contributed by atoms with Crippen molar-refractivity contribution in [2.24, 2.45) is 4.99 Å². The minimum atomic E-state index is -0.325. The van der Waals surface area contributed by atoms with Crippen LogP contribution in [0.3, 0.4) is 0 Å². The summed E-state index contributed by atoms with van der Waals surface area (Å²) in [5.74, 6) is 1.03. The average Bonchev–Trinajstić information content (AvgIpc) is 2.79. The lowest BCUT2D eigenvalue weighted by Gasteiger charge is -2.33. The first-order valence-electron chi connectivity index (χ1n) is 10.9. The second kappa shape index (κ2) is 11.7. The standard InChI is InChI=1S/C24H32F2N4O2/c1-17(32-21-7-5-19(25)6-8-21)15-28-24(27-2)29-20-10-12-30(13-11-20)16-18-4-9-23(31-3)22(26)14-18/h4-9,14,17,20H,10-13,15-16H2,1-3H3,(H2,27,28,29). The van der Waals surface area contributed by atoms with Crippen LogP contribution in [0.4, 0.5) is 8.78 Å². The van der Waals surface area contributed by atoms with Gasteiger partial charge in [-0.1, -0.05) is 6.07 Å². The van der Waals surface area contributed by atoms with E-state index in [2.05, 4.69) is 20.5 Å². The van der Waals surface area contributed by atoms with Crippen molar-refractivity contribution < 1.29 is 18.3 Å². The van der Waals surface area contributed by atoms with Gasteiger partial charge in [0.2, 0.25) is 0 Å². The van der Waals surface area contributed by atoms with E-state index in [0.717, 1.165) is 44.0 Å². The SMILES string of the molecule is CN=C(NCC(C)Oc1ccc(F)cc1)NC1CCN(Cc2ccc(OC)c(F)c2)CC1. The number of likely N-dealkylation sites (tertiary alicyclic amines) is 1. The molecule has 0 amide bonds. The Bertz CT molecular complexity index is 884. The van der Waals surface area contributed by atoms with Crippen molar-refractivity contribution in [3.8, 4) is 11.5 Å². The molecular weight excluding hydrogens is 414 g/mol. The van der Waals surface area contributed by atoms with E-state index in [4.69, 9.17) is 9.47 Å². The van der Waals surface area contributed by atoms with Gasteiger partial charge in [0.15, 0.2) is 17.5 Å². The number of benzene rings is 2. The van der Waals surface area contributed by atoms with Crippen molar-refractivity contribution in [1.29, 1.82) is 0 Å². The summed E-state index contributed by atoms with van der Waals surface area (Å²) in [4.78, 5) is 6.64. The van der Waals surface area contributed by atoms with E-state index in [-0.39, 0.29) is 23.5 Å². The Morgan fingerprint density at radius 3 is 2.50 bits per heavy atom. The maximum atomic E-state index is 13.9. The lowest BCUT2D eigenvalue weighted by molar-refractivity contribution is 0.197. The van der Waals surface area contributed by atoms with Crippen molar-refractivity contribution in [2.75, 3.05) is 33.8 Å². The monoisotopic (exact) mass is 446 g/mol. The van der Waals surface area contributed by atoms with Crippen molar-refractivity contribution in [1.82, 2.24) is 15.5 Å². The Balaban J connectivity index is 1.39. The molecule has 6 nitrogen and oxygen atoms in total. The largest absolute Gasteiger partial charge is 0.494 e. The highest BCUT2D eigenvalue weighted by Gasteiger charge is 2.20. The molecule has 174 valence electrons. The summed E-state index contributed by atoms with van der Waals surface area (Å²) >= 11 is 0. The summed E-state index contributed by atoms with van der Waals surface area (Å²) in [6.45, 7) is 5.08. The number of aliphatic imine (C=N–C) groups is 1. The van der Waals surface area contributed by atoms with Crippen molar-refractivity contribution in [3.63, 3.8) is 0 Å². The molecule has 0 aliphatic carbocycles. The molecule has 1 fully saturated rings.